The number of aliphatic carboxylic acids is 1. The fourth-order valence-corrected chi connectivity index (χ4v) is 3.46. The topological polar surface area (TPSA) is 146 Å². The number of carbonyl (C=O) groups excluding carboxylic acids is 2. The highest BCUT2D eigenvalue weighted by molar-refractivity contribution is 9.10. The van der Waals surface area contributed by atoms with E-state index in [2.05, 4.69) is 37.0 Å². The van der Waals surface area contributed by atoms with Crippen LogP contribution in [0.5, 0.6) is 0 Å². The number of nitrogens with zero attached hydrogens (tertiary/aromatic N) is 1. The van der Waals surface area contributed by atoms with Crippen LogP contribution in [0.1, 0.15) is 28.4 Å². The molecule has 0 radical (unpaired) electrons. The highest BCUT2D eigenvalue weighted by atomic mass is 79.9. The Labute approximate surface area is 185 Å². The Hall–Kier alpha value is -3.11. The van der Waals surface area contributed by atoms with Crippen molar-refractivity contribution in [3.8, 4) is 0 Å². The number of carboxylic acids is 1. The number of halogens is 2. The number of hydrazone groups is 1. The summed E-state index contributed by atoms with van der Waals surface area (Å²) in [5.41, 5.74) is 1.44. The Kier molecular flexibility index (Phi) is 8.63. The zero-order valence-electron chi connectivity index (χ0n) is 15.6. The highest BCUT2D eigenvalue weighted by Crippen LogP contribution is 2.25. The van der Waals surface area contributed by atoms with Crippen molar-refractivity contribution in [3.05, 3.63) is 63.1 Å². The molecule has 11 heteroatoms. The number of nitrogens with one attached hydrogen (secondary N) is 3. The van der Waals surface area contributed by atoms with Crippen LogP contribution in [0, 0.1) is 0 Å². The summed E-state index contributed by atoms with van der Waals surface area (Å²) in [6, 6.07) is 10.6. The minimum atomic E-state index is -1.09. The first-order chi connectivity index (χ1) is 14.3. The Bertz CT molecular complexity index is 949. The van der Waals surface area contributed by atoms with E-state index in [0.717, 1.165) is 0 Å². The van der Waals surface area contributed by atoms with E-state index in [-0.39, 0.29) is 13.0 Å². The van der Waals surface area contributed by atoms with E-state index in [1.165, 1.54) is 6.34 Å². The van der Waals surface area contributed by atoms with Crippen LogP contribution in [-0.2, 0) is 9.59 Å². The van der Waals surface area contributed by atoms with Crippen molar-refractivity contribution in [2.75, 3.05) is 11.9 Å². The number of nitrogens with two attached hydrogens (primary N) is 1. The van der Waals surface area contributed by atoms with Gasteiger partial charge in [0.05, 0.1) is 19.0 Å². The SMILES string of the molecule is NN=CNc1cccc(C(=O)NCC(=O)NC(CC(=O)O)c2cc(Cl)cc(Br)c2)c1. The molecule has 2 aromatic carbocycles. The van der Waals surface area contributed by atoms with Crippen LogP contribution in [0.25, 0.3) is 0 Å². The van der Waals surface area contributed by atoms with Crippen LogP contribution in [0.15, 0.2) is 52.0 Å². The first kappa shape index (κ1) is 23.2. The molecule has 2 amide bonds. The zero-order chi connectivity index (χ0) is 22.1. The van der Waals surface area contributed by atoms with Crippen molar-refractivity contribution in [2.24, 2.45) is 10.9 Å². The maximum atomic E-state index is 12.3. The molecule has 30 heavy (non-hydrogen) atoms. The van der Waals surface area contributed by atoms with Gasteiger partial charge in [-0.25, -0.2) is 0 Å². The largest absolute Gasteiger partial charge is 0.481 e. The molecule has 0 fully saturated rings. The molecule has 0 aliphatic rings. The second-order valence-corrected chi connectivity index (χ2v) is 7.46. The van der Waals surface area contributed by atoms with E-state index in [1.54, 1.807) is 42.5 Å². The summed E-state index contributed by atoms with van der Waals surface area (Å²) in [7, 11) is 0. The third-order valence-corrected chi connectivity index (χ3v) is 4.52. The Morgan fingerprint density at radius 3 is 2.67 bits per heavy atom. The molecule has 1 atom stereocenters. The van der Waals surface area contributed by atoms with E-state index in [1.807, 2.05) is 0 Å². The van der Waals surface area contributed by atoms with Gasteiger partial charge < -0.3 is 26.9 Å². The van der Waals surface area contributed by atoms with E-state index in [4.69, 9.17) is 22.6 Å². The maximum Gasteiger partial charge on any atom is 0.305 e. The van der Waals surface area contributed by atoms with Gasteiger partial charge in [-0.1, -0.05) is 33.6 Å². The van der Waals surface area contributed by atoms with Gasteiger partial charge in [0, 0.05) is 20.7 Å². The summed E-state index contributed by atoms with van der Waals surface area (Å²) in [4.78, 5) is 35.8. The normalized spacial score (nSPS) is 11.7. The number of carbonyl (C=O) groups is 3. The molecule has 2 aromatic rings. The first-order valence-electron chi connectivity index (χ1n) is 8.62. The van der Waals surface area contributed by atoms with Gasteiger partial charge in [-0.2, -0.15) is 5.10 Å². The van der Waals surface area contributed by atoms with Crippen molar-refractivity contribution in [3.63, 3.8) is 0 Å². The molecule has 0 bridgehead atoms. The fraction of sp³-hybridized carbons (Fsp3) is 0.158. The summed E-state index contributed by atoms with van der Waals surface area (Å²) < 4.78 is 0.649. The van der Waals surface area contributed by atoms with Gasteiger partial charge in [0.15, 0.2) is 0 Å². The molecule has 0 saturated heterocycles. The van der Waals surface area contributed by atoms with Crippen LogP contribution >= 0.6 is 27.5 Å². The van der Waals surface area contributed by atoms with E-state index >= 15 is 0 Å². The van der Waals surface area contributed by atoms with Gasteiger partial charge in [-0.3, -0.25) is 14.4 Å². The number of amides is 2. The molecular formula is C19H19BrClN5O4. The fourth-order valence-electron chi connectivity index (χ4n) is 2.57. The maximum absolute atomic E-state index is 12.3. The minimum absolute atomic E-state index is 0.319. The lowest BCUT2D eigenvalue weighted by Gasteiger charge is -2.18. The van der Waals surface area contributed by atoms with Crippen LogP contribution in [-0.4, -0.2) is 35.8 Å². The van der Waals surface area contributed by atoms with Crippen molar-refractivity contribution < 1.29 is 19.5 Å². The molecule has 0 spiro atoms. The molecule has 0 aliphatic heterocycles. The number of rotatable bonds is 9. The molecule has 158 valence electrons. The Balaban J connectivity index is 2.01. The first-order valence-corrected chi connectivity index (χ1v) is 9.79. The average molecular weight is 497 g/mol. The van der Waals surface area contributed by atoms with Crippen LogP contribution in [0.3, 0.4) is 0 Å². The van der Waals surface area contributed by atoms with Crippen molar-refractivity contribution in [2.45, 2.75) is 12.5 Å². The Morgan fingerprint density at radius 1 is 1.23 bits per heavy atom. The summed E-state index contributed by atoms with van der Waals surface area (Å²) in [5, 5.41) is 20.7. The number of benzene rings is 2. The molecule has 2 rings (SSSR count). The standard InChI is InChI=1S/C19H19BrClN5O4/c20-13-4-12(5-14(21)7-13)16(8-18(28)29)26-17(27)9-23-19(30)11-2-1-3-15(6-11)24-10-25-22/h1-7,10,16H,8-9,22H2,(H,23,30)(H,24,25)(H,26,27)(H,28,29). The van der Waals surface area contributed by atoms with Crippen LogP contribution in [0.4, 0.5) is 5.69 Å². The summed E-state index contributed by atoms with van der Waals surface area (Å²) >= 11 is 9.30. The molecule has 0 aromatic heterocycles. The van der Waals surface area contributed by atoms with Gasteiger partial charge in [-0.15, -0.1) is 0 Å². The molecule has 6 N–H and O–H groups in total. The number of carboxylic acid groups (broad SMARTS) is 1. The highest BCUT2D eigenvalue weighted by Gasteiger charge is 2.19. The number of hydrogen-bond donors (Lipinski definition) is 5. The van der Waals surface area contributed by atoms with E-state index < -0.39 is 23.8 Å². The molecule has 0 aliphatic carbocycles. The Morgan fingerprint density at radius 2 is 2.00 bits per heavy atom. The molecule has 0 saturated carbocycles. The van der Waals surface area contributed by atoms with Gasteiger partial charge in [0.1, 0.15) is 6.34 Å². The summed E-state index contributed by atoms with van der Waals surface area (Å²) in [6.45, 7) is -0.335. The second-order valence-electron chi connectivity index (χ2n) is 6.11. The zero-order valence-corrected chi connectivity index (χ0v) is 17.9. The van der Waals surface area contributed by atoms with Gasteiger partial charge in [0.25, 0.3) is 5.91 Å². The van der Waals surface area contributed by atoms with Gasteiger partial charge in [0.2, 0.25) is 5.91 Å². The molecule has 1 unspecified atom stereocenters. The lowest BCUT2D eigenvalue weighted by Crippen LogP contribution is -2.39. The van der Waals surface area contributed by atoms with Gasteiger partial charge in [-0.05, 0) is 42.0 Å². The quantitative estimate of drug-likeness (QED) is 0.156. The van der Waals surface area contributed by atoms with Crippen LogP contribution < -0.4 is 21.8 Å². The van der Waals surface area contributed by atoms with Crippen molar-refractivity contribution >= 4 is 57.3 Å². The van der Waals surface area contributed by atoms with Crippen molar-refractivity contribution in [1.29, 1.82) is 0 Å². The number of anilines is 1. The third kappa shape index (κ3) is 7.37. The number of hydrogen-bond acceptors (Lipinski definition) is 5. The summed E-state index contributed by atoms with van der Waals surface area (Å²) in [5.74, 6) is 2.91. The second kappa shape index (κ2) is 11.2. The van der Waals surface area contributed by atoms with Crippen LogP contribution in [0.2, 0.25) is 5.02 Å². The average Bonchev–Trinajstić information content (AvgIpc) is 2.69. The minimum Gasteiger partial charge on any atom is -0.481 e. The molecular weight excluding hydrogens is 478 g/mol. The predicted octanol–water partition coefficient (Wildman–Crippen LogP) is 2.48. The lowest BCUT2D eigenvalue weighted by atomic mass is 10.0. The smallest absolute Gasteiger partial charge is 0.305 e. The van der Waals surface area contributed by atoms with Crippen molar-refractivity contribution in [1.82, 2.24) is 10.6 Å². The van der Waals surface area contributed by atoms with E-state index in [9.17, 15) is 14.4 Å². The molecule has 9 nitrogen and oxygen atoms in total. The molecule has 0 heterocycles. The predicted molar refractivity (Wildman–Crippen MR) is 117 cm³/mol. The summed E-state index contributed by atoms with van der Waals surface area (Å²) in [6.07, 6.45) is 0.921. The van der Waals surface area contributed by atoms with Gasteiger partial charge >= 0.3 is 5.97 Å². The van der Waals surface area contributed by atoms with E-state index in [0.29, 0.717) is 26.3 Å². The lowest BCUT2D eigenvalue weighted by molar-refractivity contribution is -0.137. The third-order valence-electron chi connectivity index (χ3n) is 3.84. The monoisotopic (exact) mass is 495 g/mol.